The van der Waals surface area contributed by atoms with Crippen LogP contribution in [-0.4, -0.2) is 57.2 Å². The first-order chi connectivity index (χ1) is 14.1. The lowest BCUT2D eigenvalue weighted by Gasteiger charge is -2.17. The lowest BCUT2D eigenvalue weighted by Crippen LogP contribution is -2.31. The van der Waals surface area contributed by atoms with E-state index in [1.807, 2.05) is 31.2 Å². The lowest BCUT2D eigenvalue weighted by molar-refractivity contribution is -0.133. The number of likely N-dealkylation sites (N-methyl/N-ethyl adjacent to an activating group) is 1. The zero-order valence-electron chi connectivity index (χ0n) is 16.2. The fraction of sp³-hybridized carbons (Fsp3) is 0.250. The van der Waals surface area contributed by atoms with Gasteiger partial charge in [-0.05, 0) is 47.2 Å². The average molecular weight is 395 g/mol. The standard InChI is InChI=1S/C20H21N5O4/c1-3-28-16-10-8-15(9-11-16)12-24(2)19(26)13-29-20(27)17-6-4-5-7-18(17)25-14-21-22-23-25/h4-11,14H,3,12-13H2,1-2H3. The van der Waals surface area contributed by atoms with Crippen LogP contribution in [0.1, 0.15) is 22.8 Å². The van der Waals surface area contributed by atoms with Gasteiger partial charge >= 0.3 is 5.97 Å². The molecule has 2 aromatic carbocycles. The van der Waals surface area contributed by atoms with E-state index >= 15 is 0 Å². The van der Waals surface area contributed by atoms with Crippen molar-refractivity contribution in [1.29, 1.82) is 0 Å². The van der Waals surface area contributed by atoms with E-state index in [-0.39, 0.29) is 18.1 Å². The van der Waals surface area contributed by atoms with Gasteiger partial charge in [0, 0.05) is 13.6 Å². The Balaban J connectivity index is 1.57. The highest BCUT2D eigenvalue weighted by Crippen LogP contribution is 2.15. The molecule has 0 atom stereocenters. The first-order valence-corrected chi connectivity index (χ1v) is 9.03. The van der Waals surface area contributed by atoms with Gasteiger partial charge < -0.3 is 14.4 Å². The molecule has 1 heterocycles. The van der Waals surface area contributed by atoms with Crippen molar-refractivity contribution in [3.8, 4) is 11.4 Å². The fourth-order valence-electron chi connectivity index (χ4n) is 2.65. The molecule has 0 N–H and O–H groups in total. The maximum absolute atomic E-state index is 12.5. The zero-order chi connectivity index (χ0) is 20.6. The normalized spacial score (nSPS) is 10.4. The Labute approximate surface area is 167 Å². The Kier molecular flexibility index (Phi) is 6.51. The van der Waals surface area contributed by atoms with Crippen molar-refractivity contribution in [2.45, 2.75) is 13.5 Å². The summed E-state index contributed by atoms with van der Waals surface area (Å²) in [7, 11) is 1.65. The van der Waals surface area contributed by atoms with Crippen molar-refractivity contribution in [1.82, 2.24) is 25.1 Å². The van der Waals surface area contributed by atoms with E-state index in [9.17, 15) is 9.59 Å². The van der Waals surface area contributed by atoms with Crippen molar-refractivity contribution in [2.24, 2.45) is 0 Å². The van der Waals surface area contributed by atoms with Crippen LogP contribution in [0.15, 0.2) is 54.9 Å². The Hall–Kier alpha value is -3.75. The molecule has 0 fully saturated rings. The number of benzene rings is 2. The number of tetrazole rings is 1. The summed E-state index contributed by atoms with van der Waals surface area (Å²) >= 11 is 0. The van der Waals surface area contributed by atoms with E-state index in [0.29, 0.717) is 18.8 Å². The highest BCUT2D eigenvalue weighted by Gasteiger charge is 2.17. The fourth-order valence-corrected chi connectivity index (χ4v) is 2.65. The summed E-state index contributed by atoms with van der Waals surface area (Å²) in [6.45, 7) is 2.54. The van der Waals surface area contributed by atoms with E-state index in [1.54, 1.807) is 31.3 Å². The van der Waals surface area contributed by atoms with Crippen LogP contribution in [0.2, 0.25) is 0 Å². The molecule has 9 nitrogen and oxygen atoms in total. The van der Waals surface area contributed by atoms with Crippen LogP contribution >= 0.6 is 0 Å². The second kappa shape index (κ2) is 9.45. The number of esters is 1. The van der Waals surface area contributed by atoms with Gasteiger partial charge in [-0.1, -0.05) is 24.3 Å². The van der Waals surface area contributed by atoms with Gasteiger partial charge in [0.1, 0.15) is 12.1 Å². The highest BCUT2D eigenvalue weighted by atomic mass is 16.5. The summed E-state index contributed by atoms with van der Waals surface area (Å²) in [4.78, 5) is 26.3. The van der Waals surface area contributed by atoms with E-state index in [1.165, 1.54) is 15.9 Å². The first-order valence-electron chi connectivity index (χ1n) is 9.03. The van der Waals surface area contributed by atoms with Crippen LogP contribution in [0.5, 0.6) is 5.75 Å². The summed E-state index contributed by atoms with van der Waals surface area (Å²) in [5.74, 6) is -0.161. The Morgan fingerprint density at radius 1 is 1.10 bits per heavy atom. The van der Waals surface area contributed by atoms with Gasteiger partial charge in [-0.2, -0.15) is 4.68 Å². The molecule has 0 aliphatic rings. The summed E-state index contributed by atoms with van der Waals surface area (Å²) in [5.41, 5.74) is 1.68. The number of hydrogen-bond donors (Lipinski definition) is 0. The molecule has 3 rings (SSSR count). The van der Waals surface area contributed by atoms with E-state index in [4.69, 9.17) is 9.47 Å². The van der Waals surface area contributed by atoms with E-state index < -0.39 is 5.97 Å². The number of para-hydroxylation sites is 1. The van der Waals surface area contributed by atoms with Gasteiger partial charge in [-0.3, -0.25) is 4.79 Å². The Bertz CT molecular complexity index is 957. The van der Waals surface area contributed by atoms with Crippen LogP contribution in [-0.2, 0) is 16.1 Å². The van der Waals surface area contributed by atoms with Crippen LogP contribution in [0.4, 0.5) is 0 Å². The van der Waals surface area contributed by atoms with E-state index in [0.717, 1.165) is 11.3 Å². The third kappa shape index (κ3) is 5.16. The molecule has 0 unspecified atom stereocenters. The second-order valence-corrected chi connectivity index (χ2v) is 6.17. The molecule has 0 radical (unpaired) electrons. The largest absolute Gasteiger partial charge is 0.494 e. The molecular formula is C20H21N5O4. The molecule has 0 saturated heterocycles. The maximum atomic E-state index is 12.5. The quantitative estimate of drug-likeness (QED) is 0.537. The molecule has 0 aliphatic heterocycles. The third-order valence-corrected chi connectivity index (χ3v) is 4.13. The summed E-state index contributed by atoms with van der Waals surface area (Å²) < 4.78 is 12.0. The van der Waals surface area contributed by atoms with Gasteiger partial charge in [0.2, 0.25) is 0 Å². The minimum absolute atomic E-state index is 0.266. The number of hydrogen-bond acceptors (Lipinski definition) is 7. The van der Waals surface area contributed by atoms with Crippen LogP contribution in [0.25, 0.3) is 5.69 Å². The number of aromatic nitrogens is 4. The summed E-state index contributed by atoms with van der Waals surface area (Å²) in [6, 6.07) is 14.2. The molecule has 3 aromatic rings. The molecule has 9 heteroatoms. The van der Waals surface area contributed by atoms with Gasteiger partial charge in [0.25, 0.3) is 5.91 Å². The predicted molar refractivity (Wildman–Crippen MR) is 104 cm³/mol. The Morgan fingerprint density at radius 3 is 2.55 bits per heavy atom. The molecule has 0 saturated carbocycles. The predicted octanol–water partition coefficient (Wildman–Crippen LogP) is 1.88. The molecule has 1 aromatic heterocycles. The monoisotopic (exact) mass is 395 g/mol. The minimum atomic E-state index is -0.626. The molecule has 150 valence electrons. The van der Waals surface area contributed by atoms with Crippen molar-refractivity contribution in [2.75, 3.05) is 20.3 Å². The number of rotatable bonds is 8. The van der Waals surface area contributed by atoms with Gasteiger partial charge in [-0.15, -0.1) is 5.10 Å². The first kappa shape index (κ1) is 20.0. The molecule has 0 spiro atoms. The molecular weight excluding hydrogens is 374 g/mol. The SMILES string of the molecule is CCOc1ccc(CN(C)C(=O)COC(=O)c2ccccc2-n2cnnn2)cc1. The van der Waals surface area contributed by atoms with Crippen LogP contribution in [0.3, 0.4) is 0 Å². The Morgan fingerprint density at radius 2 is 1.86 bits per heavy atom. The highest BCUT2D eigenvalue weighted by molar-refractivity contribution is 5.94. The van der Waals surface area contributed by atoms with Crippen molar-refractivity contribution in [3.05, 3.63) is 66.0 Å². The van der Waals surface area contributed by atoms with Gasteiger partial charge in [0.05, 0.1) is 17.9 Å². The summed E-state index contributed by atoms with van der Waals surface area (Å²) in [6.07, 6.45) is 1.38. The zero-order valence-corrected chi connectivity index (χ0v) is 16.2. The maximum Gasteiger partial charge on any atom is 0.340 e. The number of nitrogens with zero attached hydrogens (tertiary/aromatic N) is 5. The average Bonchev–Trinajstić information content (AvgIpc) is 3.28. The third-order valence-electron chi connectivity index (χ3n) is 4.13. The minimum Gasteiger partial charge on any atom is -0.494 e. The van der Waals surface area contributed by atoms with E-state index in [2.05, 4.69) is 15.5 Å². The van der Waals surface area contributed by atoms with Crippen molar-refractivity contribution >= 4 is 11.9 Å². The van der Waals surface area contributed by atoms with Crippen LogP contribution in [0, 0.1) is 0 Å². The van der Waals surface area contributed by atoms with Gasteiger partial charge in [0.15, 0.2) is 6.61 Å². The van der Waals surface area contributed by atoms with Crippen LogP contribution < -0.4 is 4.74 Å². The number of ether oxygens (including phenoxy) is 2. The van der Waals surface area contributed by atoms with Gasteiger partial charge in [-0.25, -0.2) is 4.79 Å². The molecule has 29 heavy (non-hydrogen) atoms. The number of carbonyl (C=O) groups is 2. The molecule has 1 amide bonds. The molecule has 0 bridgehead atoms. The summed E-state index contributed by atoms with van der Waals surface area (Å²) in [5, 5.41) is 10.9. The molecule has 0 aliphatic carbocycles. The number of carbonyl (C=O) groups excluding carboxylic acids is 2. The number of amides is 1. The van der Waals surface area contributed by atoms with Crippen molar-refractivity contribution < 1.29 is 19.1 Å². The smallest absolute Gasteiger partial charge is 0.340 e. The lowest BCUT2D eigenvalue weighted by atomic mass is 10.2. The van der Waals surface area contributed by atoms with Crippen molar-refractivity contribution in [3.63, 3.8) is 0 Å². The topological polar surface area (TPSA) is 99.4 Å². The second-order valence-electron chi connectivity index (χ2n) is 6.17.